The van der Waals surface area contributed by atoms with Crippen LogP contribution in [0.4, 0.5) is 0 Å². The van der Waals surface area contributed by atoms with Crippen LogP contribution < -0.4 is 14.2 Å². The first kappa shape index (κ1) is 28.7. The van der Waals surface area contributed by atoms with Gasteiger partial charge in [0.25, 0.3) is 11.7 Å². The Bertz CT molecular complexity index is 1350. The predicted octanol–water partition coefficient (Wildman–Crippen LogP) is 5.52. The van der Waals surface area contributed by atoms with E-state index in [1.54, 1.807) is 31.4 Å². The molecule has 1 unspecified atom stereocenters. The average molecular weight is 546 g/mol. The maximum absolute atomic E-state index is 13.4. The zero-order chi connectivity index (χ0) is 28.5. The fourth-order valence-electron chi connectivity index (χ4n) is 4.73. The van der Waals surface area contributed by atoms with Gasteiger partial charge in [0, 0.05) is 26.3 Å². The summed E-state index contributed by atoms with van der Waals surface area (Å²) < 4.78 is 22.6. The van der Waals surface area contributed by atoms with E-state index in [0.29, 0.717) is 61.2 Å². The van der Waals surface area contributed by atoms with Crippen LogP contribution in [-0.4, -0.2) is 55.2 Å². The molecule has 8 heteroatoms. The van der Waals surface area contributed by atoms with Crippen molar-refractivity contribution in [3.63, 3.8) is 0 Å². The van der Waals surface area contributed by atoms with Crippen molar-refractivity contribution in [2.45, 2.75) is 32.9 Å². The highest BCUT2D eigenvalue weighted by molar-refractivity contribution is 6.46. The minimum atomic E-state index is -0.821. The molecule has 3 aromatic carbocycles. The summed E-state index contributed by atoms with van der Waals surface area (Å²) >= 11 is 0. The largest absolute Gasteiger partial charge is 0.507 e. The number of amides is 1. The summed E-state index contributed by atoms with van der Waals surface area (Å²) in [6, 6.07) is 21.2. The molecule has 0 spiro atoms. The number of nitrogens with zero attached hydrogens (tertiary/aromatic N) is 1. The number of Topliss-reactive ketones (excluding diaryl/α,β-unsaturated/α-hetero) is 1. The number of ether oxygens (including phenoxy) is 4. The van der Waals surface area contributed by atoms with Crippen LogP contribution in [0.5, 0.6) is 17.2 Å². The summed E-state index contributed by atoms with van der Waals surface area (Å²) in [7, 11) is 1.58. The van der Waals surface area contributed by atoms with E-state index < -0.39 is 17.7 Å². The van der Waals surface area contributed by atoms with E-state index in [1.165, 1.54) is 4.90 Å². The Morgan fingerprint density at radius 1 is 0.875 bits per heavy atom. The molecule has 40 heavy (non-hydrogen) atoms. The highest BCUT2D eigenvalue weighted by Gasteiger charge is 2.46. The van der Waals surface area contributed by atoms with Crippen molar-refractivity contribution in [3.8, 4) is 17.2 Å². The smallest absolute Gasteiger partial charge is 0.295 e. The Labute approximate surface area is 234 Å². The number of hydrogen-bond acceptors (Lipinski definition) is 7. The number of benzene rings is 3. The Hall–Kier alpha value is -4.30. The minimum absolute atomic E-state index is 0.00672. The van der Waals surface area contributed by atoms with Gasteiger partial charge in [-0.05, 0) is 55.7 Å². The molecule has 210 valence electrons. The first-order chi connectivity index (χ1) is 19.5. The van der Waals surface area contributed by atoms with Crippen LogP contribution in [0.1, 0.15) is 43.0 Å². The molecule has 1 fully saturated rings. The molecule has 0 radical (unpaired) electrons. The fourth-order valence-corrected chi connectivity index (χ4v) is 4.73. The molecule has 8 nitrogen and oxygen atoms in total. The molecule has 4 rings (SSSR count). The summed E-state index contributed by atoms with van der Waals surface area (Å²) in [4.78, 5) is 28.2. The third-order valence-corrected chi connectivity index (χ3v) is 6.53. The monoisotopic (exact) mass is 545 g/mol. The van der Waals surface area contributed by atoms with Crippen LogP contribution in [0.2, 0.25) is 0 Å². The second kappa shape index (κ2) is 13.7. The van der Waals surface area contributed by atoms with Crippen molar-refractivity contribution >= 4 is 17.4 Å². The van der Waals surface area contributed by atoms with Crippen molar-refractivity contribution in [1.82, 2.24) is 4.90 Å². The van der Waals surface area contributed by atoms with E-state index in [4.69, 9.17) is 18.9 Å². The van der Waals surface area contributed by atoms with Gasteiger partial charge in [-0.3, -0.25) is 9.59 Å². The first-order valence-electron chi connectivity index (χ1n) is 13.4. The van der Waals surface area contributed by atoms with E-state index in [9.17, 15) is 14.7 Å². The number of rotatable bonds is 13. The Balaban J connectivity index is 1.77. The SMILES string of the molecule is CCOc1ccc(/C(O)=C2\C(=O)C(=O)N(CCCOC)C2c2cccc(OCc3ccccc3)c2)c(OCC)c1. The molecule has 3 aromatic rings. The maximum Gasteiger partial charge on any atom is 0.295 e. The van der Waals surface area contributed by atoms with Gasteiger partial charge < -0.3 is 29.0 Å². The minimum Gasteiger partial charge on any atom is -0.507 e. The van der Waals surface area contributed by atoms with E-state index in [0.717, 1.165) is 5.56 Å². The second-order valence-corrected chi connectivity index (χ2v) is 9.21. The number of aliphatic hydroxyl groups excluding tert-OH is 1. The summed E-state index contributed by atoms with van der Waals surface area (Å²) in [6.45, 7) is 5.56. The van der Waals surface area contributed by atoms with E-state index in [-0.39, 0.29) is 17.9 Å². The standard InChI is InChI=1S/C32H35NO7/c1-4-38-25-15-16-26(27(20-25)39-5-2)30(34)28-29(33(17-10-18-37-3)32(36)31(28)35)23-13-9-14-24(19-23)40-21-22-11-7-6-8-12-22/h6-9,11-16,19-20,29,34H,4-5,10,17-18,21H2,1-3H3/b30-28+. The van der Waals surface area contributed by atoms with Gasteiger partial charge in [-0.25, -0.2) is 0 Å². The Morgan fingerprint density at radius 3 is 2.35 bits per heavy atom. The van der Waals surface area contributed by atoms with Crippen molar-refractivity contribution in [2.24, 2.45) is 0 Å². The lowest BCUT2D eigenvalue weighted by molar-refractivity contribution is -0.140. The van der Waals surface area contributed by atoms with Crippen LogP contribution >= 0.6 is 0 Å². The zero-order valence-electron chi connectivity index (χ0n) is 23.1. The summed E-state index contributed by atoms with van der Waals surface area (Å²) in [5, 5.41) is 11.6. The molecule has 1 N–H and O–H groups in total. The topological polar surface area (TPSA) is 94.5 Å². The summed E-state index contributed by atoms with van der Waals surface area (Å²) in [5.41, 5.74) is 1.96. The normalized spacial score (nSPS) is 16.3. The molecule has 1 atom stereocenters. The van der Waals surface area contributed by atoms with Gasteiger partial charge in [-0.15, -0.1) is 0 Å². The van der Waals surface area contributed by atoms with Crippen molar-refractivity contribution in [2.75, 3.05) is 33.5 Å². The lowest BCUT2D eigenvalue weighted by Gasteiger charge is -2.26. The Kier molecular flexibility index (Phi) is 9.81. The number of methoxy groups -OCH3 is 1. The van der Waals surface area contributed by atoms with Gasteiger partial charge in [0.2, 0.25) is 0 Å². The van der Waals surface area contributed by atoms with Crippen molar-refractivity contribution < 1.29 is 33.6 Å². The van der Waals surface area contributed by atoms with E-state index in [1.807, 2.05) is 62.4 Å². The molecule has 1 aliphatic rings. The van der Waals surface area contributed by atoms with Gasteiger partial charge in [0.15, 0.2) is 0 Å². The van der Waals surface area contributed by atoms with E-state index >= 15 is 0 Å². The maximum atomic E-state index is 13.4. The molecule has 1 saturated heterocycles. The second-order valence-electron chi connectivity index (χ2n) is 9.21. The van der Waals surface area contributed by atoms with Crippen LogP contribution in [-0.2, 0) is 20.9 Å². The lowest BCUT2D eigenvalue weighted by Crippen LogP contribution is -2.31. The molecule has 0 aliphatic carbocycles. The van der Waals surface area contributed by atoms with E-state index in [2.05, 4.69) is 0 Å². The average Bonchev–Trinajstić information content (AvgIpc) is 3.22. The molecule has 0 saturated carbocycles. The van der Waals surface area contributed by atoms with Crippen molar-refractivity contribution in [1.29, 1.82) is 0 Å². The van der Waals surface area contributed by atoms with Crippen molar-refractivity contribution in [3.05, 3.63) is 95.1 Å². The number of carbonyl (C=O) groups is 2. The third-order valence-electron chi connectivity index (χ3n) is 6.53. The summed E-state index contributed by atoms with van der Waals surface area (Å²) in [6.07, 6.45) is 0.525. The van der Waals surface area contributed by atoms with Crippen LogP contribution in [0.25, 0.3) is 5.76 Å². The quantitative estimate of drug-likeness (QED) is 0.131. The third kappa shape index (κ3) is 6.46. The number of hydrogen-bond donors (Lipinski definition) is 1. The molecular formula is C32H35NO7. The highest BCUT2D eigenvalue weighted by Crippen LogP contribution is 2.42. The number of likely N-dealkylation sites (tertiary alicyclic amines) is 1. The predicted molar refractivity (Wildman–Crippen MR) is 151 cm³/mol. The summed E-state index contributed by atoms with van der Waals surface area (Å²) in [5.74, 6) is -0.230. The molecule has 0 bridgehead atoms. The van der Waals surface area contributed by atoms with Gasteiger partial charge in [-0.1, -0.05) is 42.5 Å². The van der Waals surface area contributed by atoms with Crippen LogP contribution in [0.3, 0.4) is 0 Å². The van der Waals surface area contributed by atoms with Gasteiger partial charge in [-0.2, -0.15) is 0 Å². The molecule has 1 heterocycles. The number of carbonyl (C=O) groups excluding carboxylic acids is 2. The van der Waals surface area contributed by atoms with Crippen LogP contribution in [0.15, 0.2) is 78.4 Å². The number of ketones is 1. The molecule has 1 aliphatic heterocycles. The van der Waals surface area contributed by atoms with Gasteiger partial charge in [0.1, 0.15) is 29.6 Å². The fraction of sp³-hybridized carbons (Fsp3) is 0.312. The zero-order valence-corrected chi connectivity index (χ0v) is 23.1. The van der Waals surface area contributed by atoms with Gasteiger partial charge >= 0.3 is 0 Å². The Morgan fingerprint density at radius 2 is 1.62 bits per heavy atom. The first-order valence-corrected chi connectivity index (χ1v) is 13.4. The molecule has 0 aromatic heterocycles. The van der Waals surface area contributed by atoms with Crippen LogP contribution in [0, 0.1) is 0 Å². The lowest BCUT2D eigenvalue weighted by atomic mass is 9.94. The molecule has 1 amide bonds. The highest BCUT2D eigenvalue weighted by atomic mass is 16.5. The number of aliphatic hydroxyl groups is 1. The van der Waals surface area contributed by atoms with Gasteiger partial charge in [0.05, 0.1) is 30.4 Å². The molecular weight excluding hydrogens is 510 g/mol.